The molecule has 2 aliphatic rings. The number of nitrogens with zero attached hydrogens (tertiary/aromatic N) is 5. The summed E-state index contributed by atoms with van der Waals surface area (Å²) in [6, 6.07) is 2.20. The highest BCUT2D eigenvalue weighted by Crippen LogP contribution is 2.22. The van der Waals surface area contributed by atoms with Gasteiger partial charge in [-0.15, -0.1) is 0 Å². The number of amides is 5. The maximum Gasteiger partial charge on any atom is 0.271 e. The summed E-state index contributed by atoms with van der Waals surface area (Å²) in [7, 11) is 0. The summed E-state index contributed by atoms with van der Waals surface area (Å²) in [5.41, 5.74) is 1.13. The molecule has 0 radical (unpaired) electrons. The molecule has 14 heteroatoms. The highest BCUT2D eigenvalue weighted by molar-refractivity contribution is 5.96. The molecule has 0 aromatic carbocycles. The molecule has 2 aromatic rings. The lowest BCUT2D eigenvalue weighted by atomic mass is 10.0. The van der Waals surface area contributed by atoms with E-state index in [1.54, 1.807) is 33.2 Å². The van der Waals surface area contributed by atoms with Gasteiger partial charge in [-0.05, 0) is 50.3 Å². The summed E-state index contributed by atoms with van der Waals surface area (Å²) >= 11 is 0. The van der Waals surface area contributed by atoms with Crippen molar-refractivity contribution in [3.63, 3.8) is 0 Å². The molecule has 1 saturated heterocycles. The van der Waals surface area contributed by atoms with Gasteiger partial charge in [-0.25, -0.2) is 4.98 Å². The fourth-order valence-corrected chi connectivity index (χ4v) is 5.42. The number of pyridine rings is 1. The van der Waals surface area contributed by atoms with E-state index < -0.39 is 23.9 Å². The van der Waals surface area contributed by atoms with E-state index >= 15 is 0 Å². The van der Waals surface area contributed by atoms with Crippen LogP contribution in [0.5, 0.6) is 0 Å². The SMILES string of the molecule is C1CCCCC1.CC.CC.CCCC.CCN(CC(C)=O)C(=O)C1CCCN1C(=O)C(NC(=O)CNC(=O)c1cnccn1)C(C)C.O=CNCc1ccncc1. The summed E-state index contributed by atoms with van der Waals surface area (Å²) in [6.07, 6.45) is 21.0. The van der Waals surface area contributed by atoms with Gasteiger partial charge in [0.2, 0.25) is 24.1 Å². The Morgan fingerprint density at radius 2 is 1.44 bits per heavy atom. The third-order valence-corrected chi connectivity index (χ3v) is 8.52. The molecular weight excluding hydrogens is 725 g/mol. The fourth-order valence-electron chi connectivity index (χ4n) is 5.42. The van der Waals surface area contributed by atoms with Gasteiger partial charge in [0, 0.05) is 44.4 Å². The third kappa shape index (κ3) is 24.5. The number of unbranched alkanes of at least 4 members (excludes halogenated alkanes) is 1. The van der Waals surface area contributed by atoms with Crippen LogP contribution in [0, 0.1) is 5.92 Å². The van der Waals surface area contributed by atoms with E-state index in [-0.39, 0.29) is 42.3 Å². The molecule has 14 nitrogen and oxygen atoms in total. The Hall–Kier alpha value is -4.75. The summed E-state index contributed by atoms with van der Waals surface area (Å²) in [5.74, 6) is -2.07. The first-order valence-corrected chi connectivity index (χ1v) is 21.0. The molecule has 2 atom stereocenters. The number of rotatable bonds is 14. The van der Waals surface area contributed by atoms with E-state index in [0.717, 1.165) is 5.56 Å². The number of aromatic nitrogens is 3. The van der Waals surface area contributed by atoms with Crippen LogP contribution >= 0.6 is 0 Å². The van der Waals surface area contributed by atoms with E-state index in [9.17, 15) is 28.8 Å². The van der Waals surface area contributed by atoms with Gasteiger partial charge in [0.15, 0.2) is 0 Å². The zero-order valence-corrected chi connectivity index (χ0v) is 36.6. The first kappa shape index (κ1) is 54.4. The summed E-state index contributed by atoms with van der Waals surface area (Å²) in [6.45, 7) is 20.2. The second-order valence-electron chi connectivity index (χ2n) is 13.3. The van der Waals surface area contributed by atoms with E-state index in [2.05, 4.69) is 44.7 Å². The molecular formula is C43H74N8O6. The first-order chi connectivity index (χ1) is 27.5. The number of Topliss-reactive ketones (excluding diaryl/α,β-unsaturated/α-hetero) is 1. The minimum atomic E-state index is -0.859. The van der Waals surface area contributed by atoms with Gasteiger partial charge in [0.1, 0.15) is 23.6 Å². The predicted molar refractivity (Wildman–Crippen MR) is 227 cm³/mol. The normalized spacial score (nSPS) is 14.2. The Bertz CT molecular complexity index is 1350. The number of likely N-dealkylation sites (tertiary alicyclic amines) is 1. The van der Waals surface area contributed by atoms with Crippen LogP contribution in [0.25, 0.3) is 0 Å². The minimum absolute atomic E-state index is 0.00367. The first-order valence-electron chi connectivity index (χ1n) is 21.0. The Kier molecular flexibility index (Phi) is 34.0. The summed E-state index contributed by atoms with van der Waals surface area (Å²) < 4.78 is 0. The molecule has 2 unspecified atom stereocenters. The van der Waals surface area contributed by atoms with Crippen molar-refractivity contribution in [3.8, 4) is 0 Å². The number of likely N-dealkylation sites (N-methyl/N-ethyl adjacent to an activating group) is 1. The molecule has 3 N–H and O–H groups in total. The van der Waals surface area contributed by atoms with Crippen molar-refractivity contribution >= 4 is 35.8 Å². The van der Waals surface area contributed by atoms with Gasteiger partial charge in [-0.2, -0.15) is 0 Å². The molecule has 2 fully saturated rings. The summed E-state index contributed by atoms with van der Waals surface area (Å²) in [4.78, 5) is 86.6. The number of carbonyl (C=O) groups excluding carboxylic acids is 6. The quantitative estimate of drug-likeness (QED) is 0.185. The second-order valence-corrected chi connectivity index (χ2v) is 13.3. The minimum Gasteiger partial charge on any atom is -0.355 e. The Morgan fingerprint density at radius 1 is 0.860 bits per heavy atom. The summed E-state index contributed by atoms with van der Waals surface area (Å²) in [5, 5.41) is 7.68. The van der Waals surface area contributed by atoms with Crippen LogP contribution in [0.4, 0.5) is 0 Å². The van der Waals surface area contributed by atoms with Gasteiger partial charge < -0.3 is 25.8 Å². The Labute approximate surface area is 343 Å². The van der Waals surface area contributed by atoms with Gasteiger partial charge in [0.05, 0.1) is 19.3 Å². The molecule has 322 valence electrons. The highest BCUT2D eigenvalue weighted by Gasteiger charge is 2.40. The van der Waals surface area contributed by atoms with Gasteiger partial charge in [-0.3, -0.25) is 38.7 Å². The average Bonchev–Trinajstić information content (AvgIpc) is 3.76. The van der Waals surface area contributed by atoms with Crippen molar-refractivity contribution in [2.75, 3.05) is 26.2 Å². The van der Waals surface area contributed by atoms with Crippen LogP contribution in [0.1, 0.15) is 149 Å². The van der Waals surface area contributed by atoms with E-state index in [4.69, 9.17) is 0 Å². The number of hydrogen-bond acceptors (Lipinski definition) is 9. The lowest BCUT2D eigenvalue weighted by Gasteiger charge is -2.33. The van der Waals surface area contributed by atoms with Crippen molar-refractivity contribution in [2.24, 2.45) is 5.92 Å². The van der Waals surface area contributed by atoms with Crippen LogP contribution in [0.15, 0.2) is 43.1 Å². The monoisotopic (exact) mass is 799 g/mol. The van der Waals surface area contributed by atoms with Crippen LogP contribution in [-0.2, 0) is 30.5 Å². The zero-order valence-electron chi connectivity index (χ0n) is 36.6. The van der Waals surface area contributed by atoms with Crippen LogP contribution in [0.2, 0.25) is 0 Å². The second kappa shape index (κ2) is 35.6. The van der Waals surface area contributed by atoms with E-state index in [1.165, 1.54) is 86.7 Å². The number of carbonyl (C=O) groups is 6. The molecule has 5 amide bonds. The van der Waals surface area contributed by atoms with Crippen LogP contribution in [-0.4, -0.2) is 98.8 Å². The molecule has 1 aliphatic carbocycles. The van der Waals surface area contributed by atoms with Crippen molar-refractivity contribution in [2.45, 2.75) is 152 Å². The van der Waals surface area contributed by atoms with Gasteiger partial charge >= 0.3 is 0 Å². The smallest absolute Gasteiger partial charge is 0.271 e. The molecule has 1 saturated carbocycles. The Balaban J connectivity index is 0. The molecule has 2 aromatic heterocycles. The average molecular weight is 799 g/mol. The third-order valence-electron chi connectivity index (χ3n) is 8.52. The van der Waals surface area contributed by atoms with Gasteiger partial charge in [-0.1, -0.05) is 107 Å². The van der Waals surface area contributed by atoms with E-state index in [1.807, 2.05) is 39.8 Å². The van der Waals surface area contributed by atoms with Crippen molar-refractivity contribution in [1.82, 2.24) is 40.7 Å². The number of hydrogen-bond donors (Lipinski definition) is 3. The molecule has 4 rings (SSSR count). The predicted octanol–water partition coefficient (Wildman–Crippen LogP) is 6.30. The largest absolute Gasteiger partial charge is 0.355 e. The maximum absolute atomic E-state index is 13.3. The van der Waals surface area contributed by atoms with Crippen LogP contribution < -0.4 is 16.0 Å². The number of ketones is 1. The number of nitrogens with one attached hydrogen (secondary N) is 3. The standard InChI is InChI=1S/C22H32N6O5.C7H8N2O.C6H12.C4H10.2C2H6/c1-5-27(13-15(4)29)21(32)17-7-6-10-28(17)22(33)19(14(2)3)26-18(30)12-25-20(31)16-11-23-8-9-24-16;10-6-9-5-7-1-3-8-4-2-7;1-2-4-6-5-3-1;1-3-4-2;2*1-2/h8-9,11,14,17,19H,5-7,10,12-13H2,1-4H3,(H,25,31)(H,26,30);1-4,6H,5H2,(H,9,10);1-6H2;3-4H2,1-2H3;2*1-2H3. The molecule has 57 heavy (non-hydrogen) atoms. The molecule has 3 heterocycles. The van der Waals surface area contributed by atoms with Crippen molar-refractivity contribution in [3.05, 3.63) is 54.4 Å². The Morgan fingerprint density at radius 3 is 1.89 bits per heavy atom. The highest BCUT2D eigenvalue weighted by atomic mass is 16.2. The fraction of sp³-hybridized carbons (Fsp3) is 0.651. The molecule has 0 spiro atoms. The lowest BCUT2D eigenvalue weighted by Crippen LogP contribution is -2.56. The van der Waals surface area contributed by atoms with Crippen LogP contribution in [0.3, 0.4) is 0 Å². The van der Waals surface area contributed by atoms with E-state index in [0.29, 0.717) is 38.9 Å². The van der Waals surface area contributed by atoms with Gasteiger partial charge in [0.25, 0.3) is 5.91 Å². The topological polar surface area (TPSA) is 184 Å². The molecule has 0 bridgehead atoms. The van der Waals surface area contributed by atoms with Crippen molar-refractivity contribution in [1.29, 1.82) is 0 Å². The maximum atomic E-state index is 13.3. The lowest BCUT2D eigenvalue weighted by molar-refractivity contribution is -0.147. The molecule has 1 aliphatic heterocycles. The van der Waals surface area contributed by atoms with Crippen molar-refractivity contribution < 1.29 is 28.8 Å². The zero-order chi connectivity index (χ0) is 43.4.